The Morgan fingerprint density at radius 2 is 1.81 bits per heavy atom. The minimum Gasteiger partial charge on any atom is -0.481 e. The SMILES string of the molecule is CC(C)(C)CC(CNC(=O)Nc1ccc(Cl)cc1)C(=O)O. The molecule has 1 atom stereocenters. The molecule has 1 aromatic carbocycles. The average Bonchev–Trinajstić information content (AvgIpc) is 2.35. The lowest BCUT2D eigenvalue weighted by Gasteiger charge is -2.23. The zero-order valence-corrected chi connectivity index (χ0v) is 13.2. The number of amides is 2. The largest absolute Gasteiger partial charge is 0.481 e. The molecule has 2 amide bonds. The van der Waals surface area contributed by atoms with Gasteiger partial charge in [0, 0.05) is 17.3 Å². The molecule has 1 aromatic rings. The summed E-state index contributed by atoms with van der Waals surface area (Å²) in [5, 5.41) is 15.0. The van der Waals surface area contributed by atoms with Gasteiger partial charge in [0.15, 0.2) is 0 Å². The van der Waals surface area contributed by atoms with E-state index in [0.29, 0.717) is 17.1 Å². The van der Waals surface area contributed by atoms with Crippen molar-refractivity contribution in [1.82, 2.24) is 5.32 Å². The molecule has 0 bridgehead atoms. The summed E-state index contributed by atoms with van der Waals surface area (Å²) in [7, 11) is 0. The number of benzene rings is 1. The molecular weight excluding hydrogens is 292 g/mol. The molecule has 1 rings (SSSR count). The number of urea groups is 1. The topological polar surface area (TPSA) is 78.4 Å². The highest BCUT2D eigenvalue weighted by Crippen LogP contribution is 2.24. The Balaban J connectivity index is 2.50. The van der Waals surface area contributed by atoms with Gasteiger partial charge in [-0.1, -0.05) is 32.4 Å². The van der Waals surface area contributed by atoms with Crippen molar-refractivity contribution in [2.45, 2.75) is 27.2 Å². The highest BCUT2D eigenvalue weighted by atomic mass is 35.5. The summed E-state index contributed by atoms with van der Waals surface area (Å²) in [6.45, 7) is 6.00. The van der Waals surface area contributed by atoms with Crippen LogP contribution in [0.5, 0.6) is 0 Å². The van der Waals surface area contributed by atoms with Gasteiger partial charge in [-0.2, -0.15) is 0 Å². The summed E-state index contributed by atoms with van der Waals surface area (Å²) in [5.74, 6) is -1.52. The highest BCUT2D eigenvalue weighted by molar-refractivity contribution is 6.30. The first-order valence-electron chi connectivity index (χ1n) is 6.70. The Kier molecular flexibility index (Phi) is 6.03. The molecule has 0 fully saturated rings. The Morgan fingerprint density at radius 3 is 2.29 bits per heavy atom. The zero-order chi connectivity index (χ0) is 16.0. The first-order chi connectivity index (χ1) is 9.67. The van der Waals surface area contributed by atoms with Crippen molar-refractivity contribution in [3.63, 3.8) is 0 Å². The Morgan fingerprint density at radius 1 is 1.24 bits per heavy atom. The van der Waals surface area contributed by atoms with Crippen molar-refractivity contribution in [3.8, 4) is 0 Å². The van der Waals surface area contributed by atoms with Crippen molar-refractivity contribution >= 4 is 29.3 Å². The number of hydrogen-bond donors (Lipinski definition) is 3. The summed E-state index contributed by atoms with van der Waals surface area (Å²) >= 11 is 5.75. The molecular formula is C15H21ClN2O3. The summed E-state index contributed by atoms with van der Waals surface area (Å²) in [5.41, 5.74) is 0.483. The third kappa shape index (κ3) is 6.99. The van der Waals surface area contributed by atoms with Crippen LogP contribution in [0.4, 0.5) is 10.5 Å². The second-order valence-electron chi connectivity index (χ2n) is 6.14. The first-order valence-corrected chi connectivity index (χ1v) is 7.08. The molecule has 1 unspecified atom stereocenters. The van der Waals surface area contributed by atoms with Gasteiger partial charge in [-0.05, 0) is 36.1 Å². The molecule has 5 nitrogen and oxygen atoms in total. The van der Waals surface area contributed by atoms with E-state index in [1.54, 1.807) is 24.3 Å². The fourth-order valence-corrected chi connectivity index (χ4v) is 2.04. The summed E-state index contributed by atoms with van der Waals surface area (Å²) in [4.78, 5) is 22.9. The van der Waals surface area contributed by atoms with Crippen LogP contribution in [0.3, 0.4) is 0 Å². The number of nitrogens with one attached hydrogen (secondary N) is 2. The van der Waals surface area contributed by atoms with Crippen LogP contribution < -0.4 is 10.6 Å². The van der Waals surface area contributed by atoms with Gasteiger partial charge in [0.2, 0.25) is 0 Å². The molecule has 0 heterocycles. The molecule has 0 aliphatic carbocycles. The third-order valence-corrected chi connectivity index (χ3v) is 3.07. The lowest BCUT2D eigenvalue weighted by atomic mass is 9.84. The molecule has 6 heteroatoms. The quantitative estimate of drug-likeness (QED) is 0.777. The molecule has 0 saturated carbocycles. The number of halogens is 1. The van der Waals surface area contributed by atoms with Gasteiger partial charge in [-0.25, -0.2) is 4.79 Å². The fourth-order valence-electron chi connectivity index (χ4n) is 1.91. The number of carboxylic acid groups (broad SMARTS) is 1. The molecule has 0 spiro atoms. The number of hydrogen-bond acceptors (Lipinski definition) is 2. The Hall–Kier alpha value is -1.75. The molecule has 0 aliphatic heterocycles. The van der Waals surface area contributed by atoms with Crippen LogP contribution in [-0.4, -0.2) is 23.7 Å². The van der Waals surface area contributed by atoms with Gasteiger partial charge in [0.1, 0.15) is 0 Å². The molecule has 21 heavy (non-hydrogen) atoms. The Labute approximate surface area is 129 Å². The number of carbonyl (C=O) groups is 2. The van der Waals surface area contributed by atoms with E-state index < -0.39 is 17.9 Å². The van der Waals surface area contributed by atoms with Gasteiger partial charge in [0.05, 0.1) is 5.92 Å². The van der Waals surface area contributed by atoms with Crippen molar-refractivity contribution in [2.24, 2.45) is 11.3 Å². The van der Waals surface area contributed by atoms with Crippen LogP contribution in [0.15, 0.2) is 24.3 Å². The molecule has 0 saturated heterocycles. The van der Waals surface area contributed by atoms with Crippen LogP contribution in [-0.2, 0) is 4.79 Å². The van der Waals surface area contributed by atoms with Gasteiger partial charge in [-0.3, -0.25) is 4.79 Å². The fraction of sp³-hybridized carbons (Fsp3) is 0.467. The molecule has 3 N–H and O–H groups in total. The standard InChI is InChI=1S/C15H21ClN2O3/c1-15(2,3)8-10(13(19)20)9-17-14(21)18-12-6-4-11(16)5-7-12/h4-7,10H,8-9H2,1-3H3,(H,19,20)(H2,17,18,21). The third-order valence-electron chi connectivity index (χ3n) is 2.82. The van der Waals surface area contributed by atoms with Gasteiger partial charge in [0.25, 0.3) is 0 Å². The minimum absolute atomic E-state index is 0.0893. The maximum Gasteiger partial charge on any atom is 0.319 e. The lowest BCUT2D eigenvalue weighted by molar-refractivity contribution is -0.142. The number of aliphatic carboxylic acids is 1. The van der Waals surface area contributed by atoms with Crippen molar-refractivity contribution in [3.05, 3.63) is 29.3 Å². The van der Waals surface area contributed by atoms with Crippen molar-refractivity contribution in [1.29, 1.82) is 0 Å². The van der Waals surface area contributed by atoms with Crippen LogP contribution in [0.25, 0.3) is 0 Å². The smallest absolute Gasteiger partial charge is 0.319 e. The van der Waals surface area contributed by atoms with Gasteiger partial charge >= 0.3 is 12.0 Å². The van der Waals surface area contributed by atoms with Crippen LogP contribution in [0, 0.1) is 11.3 Å². The van der Waals surface area contributed by atoms with Gasteiger partial charge in [-0.15, -0.1) is 0 Å². The van der Waals surface area contributed by atoms with Crippen LogP contribution in [0.2, 0.25) is 5.02 Å². The second kappa shape index (κ2) is 7.31. The predicted octanol–water partition coefficient (Wildman–Crippen LogP) is 3.60. The van der Waals surface area contributed by atoms with Crippen molar-refractivity contribution < 1.29 is 14.7 Å². The summed E-state index contributed by atoms with van der Waals surface area (Å²) in [6.07, 6.45) is 0.490. The van der Waals surface area contributed by atoms with E-state index in [2.05, 4.69) is 10.6 Å². The number of rotatable bonds is 5. The predicted molar refractivity (Wildman–Crippen MR) is 83.7 cm³/mol. The minimum atomic E-state index is -0.906. The van der Waals surface area contributed by atoms with E-state index in [1.807, 2.05) is 20.8 Å². The monoisotopic (exact) mass is 312 g/mol. The number of carboxylic acids is 1. The number of anilines is 1. The van der Waals surface area contributed by atoms with E-state index in [9.17, 15) is 14.7 Å². The van der Waals surface area contributed by atoms with Crippen molar-refractivity contribution in [2.75, 3.05) is 11.9 Å². The molecule has 116 valence electrons. The van der Waals surface area contributed by atoms with E-state index in [1.165, 1.54) is 0 Å². The molecule has 0 radical (unpaired) electrons. The highest BCUT2D eigenvalue weighted by Gasteiger charge is 2.24. The maximum atomic E-state index is 11.7. The second-order valence-corrected chi connectivity index (χ2v) is 6.58. The van der Waals surface area contributed by atoms with E-state index >= 15 is 0 Å². The van der Waals surface area contributed by atoms with Gasteiger partial charge < -0.3 is 15.7 Å². The summed E-state index contributed by atoms with van der Waals surface area (Å²) in [6, 6.07) is 6.24. The molecule has 0 aromatic heterocycles. The lowest BCUT2D eigenvalue weighted by Crippen LogP contribution is -2.37. The average molecular weight is 313 g/mol. The van der Waals surface area contributed by atoms with E-state index in [4.69, 9.17) is 11.6 Å². The Bertz CT molecular complexity index is 495. The summed E-state index contributed by atoms with van der Waals surface area (Å²) < 4.78 is 0. The van der Waals surface area contributed by atoms with E-state index in [-0.39, 0.29) is 12.0 Å². The first kappa shape index (κ1) is 17.3. The van der Waals surface area contributed by atoms with E-state index in [0.717, 1.165) is 0 Å². The maximum absolute atomic E-state index is 11.7. The zero-order valence-electron chi connectivity index (χ0n) is 12.4. The van der Waals surface area contributed by atoms with Crippen LogP contribution in [0.1, 0.15) is 27.2 Å². The molecule has 0 aliphatic rings. The number of carbonyl (C=O) groups excluding carboxylic acids is 1. The normalized spacial score (nSPS) is 12.6. The van der Waals surface area contributed by atoms with Crippen LogP contribution >= 0.6 is 11.6 Å².